The number of carboxylic acid groups (broad SMARTS) is 1. The third kappa shape index (κ3) is 2.17. The number of phenolic OH excluding ortho intramolecular Hbond substituents is 2. The topological polar surface area (TPSA) is 118 Å². The van der Waals surface area contributed by atoms with E-state index in [0.29, 0.717) is 0 Å². The minimum Gasteiger partial charge on any atom is -0.507 e. The number of aliphatic hydroxyl groups excluding tert-OH is 2. The summed E-state index contributed by atoms with van der Waals surface area (Å²) in [5, 5.41) is 45.4. The molecular weight excluding hydrogens is 204 g/mol. The number of phenols is 2. The van der Waals surface area contributed by atoms with Crippen molar-refractivity contribution in [2.45, 2.75) is 12.2 Å². The average Bonchev–Trinajstić information content (AvgIpc) is 2.15. The third-order valence-corrected chi connectivity index (χ3v) is 1.91. The minimum atomic E-state index is -2.11. The molecule has 6 heteroatoms. The van der Waals surface area contributed by atoms with Crippen molar-refractivity contribution in [1.29, 1.82) is 0 Å². The van der Waals surface area contributed by atoms with Crippen LogP contribution in [0.4, 0.5) is 0 Å². The molecule has 0 heterocycles. The Balaban J connectivity index is 3.10. The Morgan fingerprint density at radius 3 is 2.00 bits per heavy atom. The van der Waals surface area contributed by atoms with E-state index < -0.39 is 35.2 Å². The summed E-state index contributed by atoms with van der Waals surface area (Å²) >= 11 is 0. The van der Waals surface area contributed by atoms with Crippen LogP contribution in [0.5, 0.6) is 11.5 Å². The van der Waals surface area contributed by atoms with E-state index in [9.17, 15) is 20.1 Å². The number of hydrogen-bond acceptors (Lipinski definition) is 5. The van der Waals surface area contributed by atoms with Crippen LogP contribution in [0.25, 0.3) is 0 Å². The van der Waals surface area contributed by atoms with Gasteiger partial charge in [-0.2, -0.15) is 0 Å². The molecule has 0 aromatic heterocycles. The molecule has 15 heavy (non-hydrogen) atoms. The van der Waals surface area contributed by atoms with Gasteiger partial charge in [-0.1, -0.05) is 6.07 Å². The molecule has 0 aliphatic carbocycles. The Morgan fingerprint density at radius 2 is 1.60 bits per heavy atom. The van der Waals surface area contributed by atoms with Gasteiger partial charge in [-0.25, -0.2) is 4.79 Å². The van der Waals surface area contributed by atoms with Gasteiger partial charge in [0.1, 0.15) is 17.6 Å². The molecule has 0 bridgehead atoms. The number of carboxylic acids is 1. The molecule has 1 aromatic rings. The summed E-state index contributed by atoms with van der Waals surface area (Å²) in [7, 11) is 0. The van der Waals surface area contributed by atoms with Crippen LogP contribution >= 0.6 is 0 Å². The lowest BCUT2D eigenvalue weighted by atomic mass is 10.0. The summed E-state index contributed by atoms with van der Waals surface area (Å²) in [4.78, 5) is 10.4. The van der Waals surface area contributed by atoms with E-state index >= 15 is 0 Å². The maximum absolute atomic E-state index is 10.4. The second-order valence-corrected chi connectivity index (χ2v) is 2.94. The highest BCUT2D eigenvalue weighted by Gasteiger charge is 2.29. The number of aliphatic hydroxyl groups is 2. The molecule has 0 aliphatic heterocycles. The highest BCUT2D eigenvalue weighted by molar-refractivity contribution is 5.73. The van der Waals surface area contributed by atoms with Crippen LogP contribution in [0.3, 0.4) is 0 Å². The monoisotopic (exact) mass is 214 g/mol. The maximum atomic E-state index is 10.4. The predicted molar refractivity (Wildman–Crippen MR) is 48.4 cm³/mol. The summed E-state index contributed by atoms with van der Waals surface area (Å²) < 4.78 is 0. The van der Waals surface area contributed by atoms with Gasteiger partial charge in [0.25, 0.3) is 0 Å². The first kappa shape index (κ1) is 11.3. The molecule has 1 rings (SSSR count). The van der Waals surface area contributed by atoms with Crippen LogP contribution in [-0.4, -0.2) is 37.6 Å². The van der Waals surface area contributed by atoms with Crippen molar-refractivity contribution in [1.82, 2.24) is 0 Å². The number of carbonyl (C=O) groups is 1. The lowest BCUT2D eigenvalue weighted by Crippen LogP contribution is -2.27. The largest absolute Gasteiger partial charge is 0.507 e. The number of aromatic hydroxyl groups is 2. The SMILES string of the molecule is O=C(O)C(O)C(O)c1c(O)cccc1O. The van der Waals surface area contributed by atoms with Crippen molar-refractivity contribution >= 4 is 5.97 Å². The Bertz CT molecular complexity index is 355. The van der Waals surface area contributed by atoms with Gasteiger partial charge < -0.3 is 25.5 Å². The zero-order chi connectivity index (χ0) is 11.6. The number of rotatable bonds is 3. The summed E-state index contributed by atoms with van der Waals surface area (Å²) in [6, 6.07) is 3.63. The quantitative estimate of drug-likeness (QED) is 0.466. The molecule has 0 radical (unpaired) electrons. The highest BCUT2D eigenvalue weighted by atomic mass is 16.4. The van der Waals surface area contributed by atoms with Gasteiger partial charge in [-0.3, -0.25) is 0 Å². The zero-order valence-corrected chi connectivity index (χ0v) is 7.53. The molecule has 0 saturated heterocycles. The van der Waals surface area contributed by atoms with E-state index in [1.807, 2.05) is 0 Å². The van der Waals surface area contributed by atoms with E-state index in [2.05, 4.69) is 0 Å². The smallest absolute Gasteiger partial charge is 0.335 e. The first-order chi connectivity index (χ1) is 6.95. The second-order valence-electron chi connectivity index (χ2n) is 2.94. The molecule has 0 amide bonds. The molecule has 82 valence electrons. The first-order valence-corrected chi connectivity index (χ1v) is 4.05. The Kier molecular flexibility index (Phi) is 3.13. The molecule has 0 aliphatic rings. The molecule has 0 fully saturated rings. The van der Waals surface area contributed by atoms with Crippen LogP contribution in [0.1, 0.15) is 11.7 Å². The molecule has 5 N–H and O–H groups in total. The van der Waals surface area contributed by atoms with Crippen LogP contribution in [0, 0.1) is 0 Å². The fourth-order valence-electron chi connectivity index (χ4n) is 1.14. The molecule has 0 spiro atoms. The second kappa shape index (κ2) is 4.16. The van der Waals surface area contributed by atoms with Gasteiger partial charge in [0.15, 0.2) is 6.10 Å². The summed E-state index contributed by atoms with van der Waals surface area (Å²) in [6.07, 6.45) is -3.99. The van der Waals surface area contributed by atoms with Gasteiger partial charge >= 0.3 is 5.97 Å². The molecule has 0 saturated carbocycles. The molecule has 2 atom stereocenters. The summed E-state index contributed by atoms with van der Waals surface area (Å²) in [5.74, 6) is -2.62. The Morgan fingerprint density at radius 1 is 1.13 bits per heavy atom. The maximum Gasteiger partial charge on any atom is 0.335 e. The van der Waals surface area contributed by atoms with Crippen molar-refractivity contribution in [2.24, 2.45) is 0 Å². The van der Waals surface area contributed by atoms with Crippen molar-refractivity contribution in [2.75, 3.05) is 0 Å². The van der Waals surface area contributed by atoms with E-state index in [1.165, 1.54) is 6.07 Å². The van der Waals surface area contributed by atoms with E-state index in [-0.39, 0.29) is 0 Å². The Hall–Kier alpha value is -1.79. The van der Waals surface area contributed by atoms with Gasteiger partial charge in [0, 0.05) is 0 Å². The normalized spacial score (nSPS) is 14.5. The number of benzene rings is 1. The minimum absolute atomic E-state index is 0.410. The summed E-state index contributed by atoms with van der Waals surface area (Å²) in [6.45, 7) is 0. The molecule has 6 nitrogen and oxygen atoms in total. The summed E-state index contributed by atoms with van der Waals surface area (Å²) in [5.41, 5.74) is -0.410. The molecule has 1 aromatic carbocycles. The van der Waals surface area contributed by atoms with Gasteiger partial charge in [-0.05, 0) is 12.1 Å². The predicted octanol–water partition coefficient (Wildman–Crippen LogP) is -0.423. The van der Waals surface area contributed by atoms with E-state index in [0.717, 1.165) is 12.1 Å². The van der Waals surface area contributed by atoms with Crippen LogP contribution in [0.2, 0.25) is 0 Å². The highest BCUT2D eigenvalue weighted by Crippen LogP contribution is 2.33. The van der Waals surface area contributed by atoms with Crippen molar-refractivity contribution in [3.8, 4) is 11.5 Å². The van der Waals surface area contributed by atoms with E-state index in [4.69, 9.17) is 10.2 Å². The number of aliphatic carboxylic acids is 1. The van der Waals surface area contributed by atoms with Crippen molar-refractivity contribution < 1.29 is 30.3 Å². The lowest BCUT2D eigenvalue weighted by molar-refractivity contribution is -0.153. The van der Waals surface area contributed by atoms with Crippen LogP contribution in [-0.2, 0) is 4.79 Å². The van der Waals surface area contributed by atoms with Gasteiger partial charge in [-0.15, -0.1) is 0 Å². The lowest BCUT2D eigenvalue weighted by Gasteiger charge is -2.16. The van der Waals surface area contributed by atoms with Gasteiger partial charge in [0.2, 0.25) is 0 Å². The fraction of sp³-hybridized carbons (Fsp3) is 0.222. The fourth-order valence-corrected chi connectivity index (χ4v) is 1.14. The standard InChI is InChI=1S/C9H10O6/c10-4-2-1-3-5(11)6(4)7(12)8(13)9(14)15/h1-3,7-8,10-13H,(H,14,15). The first-order valence-electron chi connectivity index (χ1n) is 4.05. The third-order valence-electron chi connectivity index (χ3n) is 1.91. The van der Waals surface area contributed by atoms with Crippen molar-refractivity contribution in [3.05, 3.63) is 23.8 Å². The number of hydrogen-bond donors (Lipinski definition) is 5. The van der Waals surface area contributed by atoms with Crippen LogP contribution in [0.15, 0.2) is 18.2 Å². The molecule has 2 unspecified atom stereocenters. The van der Waals surface area contributed by atoms with Gasteiger partial charge in [0.05, 0.1) is 5.56 Å². The Labute approximate surface area is 84.7 Å². The van der Waals surface area contributed by atoms with Crippen LogP contribution < -0.4 is 0 Å². The molecular formula is C9H10O6. The average molecular weight is 214 g/mol. The zero-order valence-electron chi connectivity index (χ0n) is 7.53. The van der Waals surface area contributed by atoms with E-state index in [1.54, 1.807) is 0 Å². The van der Waals surface area contributed by atoms with Crippen molar-refractivity contribution in [3.63, 3.8) is 0 Å².